The van der Waals surface area contributed by atoms with Crippen molar-refractivity contribution in [2.45, 2.75) is 13.5 Å². The Kier molecular flexibility index (Phi) is 4.38. The van der Waals surface area contributed by atoms with Crippen LogP contribution in [0.25, 0.3) is 31.8 Å². The van der Waals surface area contributed by atoms with Crippen LogP contribution in [0, 0.1) is 6.92 Å². The molecule has 3 heterocycles. The lowest BCUT2D eigenvalue weighted by Gasteiger charge is -2.07. The Morgan fingerprint density at radius 3 is 2.59 bits per heavy atom. The van der Waals surface area contributed by atoms with Gasteiger partial charge in [0.25, 0.3) is 5.56 Å². The van der Waals surface area contributed by atoms with Gasteiger partial charge in [-0.15, -0.1) is 11.3 Å². The van der Waals surface area contributed by atoms with E-state index in [1.54, 1.807) is 10.9 Å². The van der Waals surface area contributed by atoms with Gasteiger partial charge in [0.05, 0.1) is 29.5 Å². The van der Waals surface area contributed by atoms with Gasteiger partial charge in [-0.25, -0.2) is 15.0 Å². The first-order valence-electron chi connectivity index (χ1n) is 9.07. The fourth-order valence-electron chi connectivity index (χ4n) is 3.37. The number of hydrogen-bond donors (Lipinski definition) is 0. The Morgan fingerprint density at radius 2 is 1.79 bits per heavy atom. The van der Waals surface area contributed by atoms with Crippen LogP contribution in [-0.2, 0) is 6.54 Å². The standard InChI is InChI=1S/C22H15ClN4OS/c1-13-17-18-19(29-21(17)26-20(25-13)14-7-3-2-4-8-14)22(28)27(12-24-18)11-15-9-5-6-10-16(15)23/h2-10,12H,11H2,1H3. The SMILES string of the molecule is Cc1nc(-c2ccccc2)nc2sc3c(=O)n(Cc4ccccc4Cl)cnc3c12. The first-order chi connectivity index (χ1) is 14.1. The predicted octanol–water partition coefficient (Wildman–Crippen LogP) is 5.08. The van der Waals surface area contributed by atoms with Gasteiger partial charge in [0.1, 0.15) is 9.53 Å². The zero-order chi connectivity index (χ0) is 20.0. The van der Waals surface area contributed by atoms with Crippen LogP contribution < -0.4 is 5.56 Å². The highest BCUT2D eigenvalue weighted by molar-refractivity contribution is 7.25. The normalized spacial score (nSPS) is 11.4. The van der Waals surface area contributed by atoms with Crippen molar-refractivity contribution in [3.8, 4) is 11.4 Å². The van der Waals surface area contributed by atoms with Gasteiger partial charge in [0.2, 0.25) is 0 Å². The molecule has 3 aromatic heterocycles. The maximum atomic E-state index is 13.1. The third kappa shape index (κ3) is 3.10. The number of rotatable bonds is 3. The number of aromatic nitrogens is 4. The summed E-state index contributed by atoms with van der Waals surface area (Å²) in [7, 11) is 0. The highest BCUT2D eigenvalue weighted by atomic mass is 35.5. The summed E-state index contributed by atoms with van der Waals surface area (Å²) in [4.78, 5) is 27.8. The Labute approximate surface area is 175 Å². The molecule has 0 aliphatic carbocycles. The number of aryl methyl sites for hydroxylation is 1. The Morgan fingerprint density at radius 1 is 1.03 bits per heavy atom. The summed E-state index contributed by atoms with van der Waals surface area (Å²) in [6, 6.07) is 17.3. The Balaban J connectivity index is 1.68. The minimum absolute atomic E-state index is 0.0985. The van der Waals surface area contributed by atoms with Gasteiger partial charge in [-0.2, -0.15) is 0 Å². The molecule has 5 nitrogen and oxygen atoms in total. The van der Waals surface area contributed by atoms with E-state index in [0.717, 1.165) is 27.0 Å². The molecule has 142 valence electrons. The van der Waals surface area contributed by atoms with Crippen LogP contribution in [0.5, 0.6) is 0 Å². The van der Waals surface area contributed by atoms with Crippen molar-refractivity contribution in [2.75, 3.05) is 0 Å². The van der Waals surface area contributed by atoms with Crippen LogP contribution >= 0.6 is 22.9 Å². The Bertz CT molecular complexity index is 1430. The van der Waals surface area contributed by atoms with E-state index in [2.05, 4.69) is 9.97 Å². The molecule has 0 aliphatic heterocycles. The Hall–Kier alpha value is -3.09. The summed E-state index contributed by atoms with van der Waals surface area (Å²) in [6.45, 7) is 2.30. The third-order valence-electron chi connectivity index (χ3n) is 4.82. The number of hydrogen-bond acceptors (Lipinski definition) is 5. The largest absolute Gasteiger partial charge is 0.293 e. The lowest BCUT2D eigenvalue weighted by atomic mass is 10.2. The van der Waals surface area contributed by atoms with Gasteiger partial charge < -0.3 is 0 Å². The summed E-state index contributed by atoms with van der Waals surface area (Å²) in [5.41, 5.74) is 3.19. The maximum absolute atomic E-state index is 13.1. The van der Waals surface area contributed by atoms with Crippen LogP contribution in [0.4, 0.5) is 0 Å². The van der Waals surface area contributed by atoms with Crippen molar-refractivity contribution < 1.29 is 0 Å². The minimum atomic E-state index is -0.0985. The van der Waals surface area contributed by atoms with Crippen LogP contribution in [0.1, 0.15) is 11.3 Å². The molecule has 7 heteroatoms. The number of fused-ring (bicyclic) bond motifs is 3. The summed E-state index contributed by atoms with van der Waals surface area (Å²) < 4.78 is 2.16. The van der Waals surface area contributed by atoms with E-state index in [0.29, 0.717) is 27.6 Å². The van der Waals surface area contributed by atoms with Crippen molar-refractivity contribution in [3.63, 3.8) is 0 Å². The van der Waals surface area contributed by atoms with Gasteiger partial charge in [0.15, 0.2) is 5.82 Å². The second kappa shape index (κ2) is 7.06. The third-order valence-corrected chi connectivity index (χ3v) is 6.25. The molecule has 0 saturated carbocycles. The van der Waals surface area contributed by atoms with Crippen LogP contribution in [0.15, 0.2) is 65.7 Å². The quantitative estimate of drug-likeness (QED) is 0.410. The monoisotopic (exact) mass is 418 g/mol. The first kappa shape index (κ1) is 18.0. The molecule has 2 aromatic carbocycles. The molecule has 0 amide bonds. The van der Waals surface area contributed by atoms with Gasteiger partial charge in [-0.05, 0) is 18.6 Å². The molecule has 0 saturated heterocycles. The zero-order valence-electron chi connectivity index (χ0n) is 15.5. The van der Waals surface area contributed by atoms with E-state index in [4.69, 9.17) is 16.6 Å². The van der Waals surface area contributed by atoms with Crippen molar-refractivity contribution in [1.82, 2.24) is 19.5 Å². The van der Waals surface area contributed by atoms with Gasteiger partial charge in [0, 0.05) is 10.6 Å². The topological polar surface area (TPSA) is 60.7 Å². The van der Waals surface area contributed by atoms with E-state index >= 15 is 0 Å². The van der Waals surface area contributed by atoms with Crippen molar-refractivity contribution in [1.29, 1.82) is 0 Å². The fourth-order valence-corrected chi connectivity index (χ4v) is 4.69. The van der Waals surface area contributed by atoms with E-state index in [1.165, 1.54) is 11.3 Å². The highest BCUT2D eigenvalue weighted by Crippen LogP contribution is 2.32. The summed E-state index contributed by atoms with van der Waals surface area (Å²) in [5.74, 6) is 0.651. The summed E-state index contributed by atoms with van der Waals surface area (Å²) >= 11 is 7.61. The number of halogens is 1. The number of nitrogens with zero attached hydrogens (tertiary/aromatic N) is 4. The minimum Gasteiger partial charge on any atom is -0.293 e. The summed E-state index contributed by atoms with van der Waals surface area (Å²) in [5, 5.41) is 1.47. The average Bonchev–Trinajstić information content (AvgIpc) is 3.12. The molecule has 5 rings (SSSR count). The van der Waals surface area contributed by atoms with Gasteiger partial charge in [-0.1, -0.05) is 60.1 Å². The second-order valence-electron chi connectivity index (χ2n) is 6.73. The molecule has 0 unspecified atom stereocenters. The molecule has 29 heavy (non-hydrogen) atoms. The van der Waals surface area contributed by atoms with Crippen LogP contribution in [0.3, 0.4) is 0 Å². The highest BCUT2D eigenvalue weighted by Gasteiger charge is 2.17. The van der Waals surface area contributed by atoms with Crippen molar-refractivity contribution >= 4 is 43.4 Å². The lowest BCUT2D eigenvalue weighted by Crippen LogP contribution is -2.20. The summed E-state index contributed by atoms with van der Waals surface area (Å²) in [6.07, 6.45) is 1.57. The van der Waals surface area contributed by atoms with E-state index in [-0.39, 0.29) is 5.56 Å². The zero-order valence-corrected chi connectivity index (χ0v) is 17.0. The van der Waals surface area contributed by atoms with E-state index in [1.807, 2.05) is 61.5 Å². The van der Waals surface area contributed by atoms with E-state index < -0.39 is 0 Å². The number of benzene rings is 2. The number of thiophene rings is 1. The molecule has 0 bridgehead atoms. The molecule has 0 aliphatic rings. The van der Waals surface area contributed by atoms with Crippen molar-refractivity contribution in [2.24, 2.45) is 0 Å². The molecule has 0 fully saturated rings. The lowest BCUT2D eigenvalue weighted by molar-refractivity contribution is 0.750. The van der Waals surface area contributed by atoms with Gasteiger partial charge >= 0.3 is 0 Å². The molecule has 0 N–H and O–H groups in total. The molecule has 0 atom stereocenters. The van der Waals surface area contributed by atoms with Crippen LogP contribution in [-0.4, -0.2) is 19.5 Å². The molecule has 5 aromatic rings. The van der Waals surface area contributed by atoms with Crippen molar-refractivity contribution in [3.05, 3.63) is 87.6 Å². The smallest absolute Gasteiger partial charge is 0.271 e. The second-order valence-corrected chi connectivity index (χ2v) is 8.13. The molecular weight excluding hydrogens is 404 g/mol. The van der Waals surface area contributed by atoms with Crippen LogP contribution in [0.2, 0.25) is 5.02 Å². The molecular formula is C22H15ClN4OS. The molecule has 0 spiro atoms. The predicted molar refractivity (Wildman–Crippen MR) is 118 cm³/mol. The average molecular weight is 419 g/mol. The van der Waals surface area contributed by atoms with Gasteiger partial charge in [-0.3, -0.25) is 9.36 Å². The van der Waals surface area contributed by atoms with E-state index in [9.17, 15) is 4.79 Å². The molecule has 0 radical (unpaired) electrons. The first-order valence-corrected chi connectivity index (χ1v) is 10.3. The fraction of sp³-hybridized carbons (Fsp3) is 0.0909. The maximum Gasteiger partial charge on any atom is 0.271 e.